The Hall–Kier alpha value is -1.59. The quantitative estimate of drug-likeness (QED) is 0.673. The van der Waals surface area contributed by atoms with Crippen LogP contribution < -0.4 is 10.3 Å². The molecule has 0 amide bonds. The summed E-state index contributed by atoms with van der Waals surface area (Å²) in [6, 6.07) is 6.08. The van der Waals surface area contributed by atoms with E-state index in [-0.39, 0.29) is 11.1 Å². The highest BCUT2D eigenvalue weighted by atomic mass is 79.9. The predicted octanol–water partition coefficient (Wildman–Crippen LogP) is 3.32. The lowest BCUT2D eigenvalue weighted by molar-refractivity contribution is 0.0733. The number of rotatable bonds is 2. The number of H-pyrrole nitrogens is 1. The van der Waals surface area contributed by atoms with E-state index in [2.05, 4.69) is 20.9 Å². The largest absolute Gasteiger partial charge is 0.421 e. The molecule has 1 aromatic carbocycles. The van der Waals surface area contributed by atoms with Crippen LogP contribution in [0.15, 0.2) is 39.7 Å². The highest BCUT2D eigenvalue weighted by Crippen LogP contribution is 2.32. The molecule has 2 aromatic rings. The number of esters is 1. The standard InChI is InChI=1S/C13H9BrClNO3/c1-7-4-9(14)5-10(15)12(7)19-13(18)8-2-3-11(17)16-6-8/h2-6H,1H3,(H,16,17). The molecule has 1 aromatic heterocycles. The van der Waals surface area contributed by atoms with Crippen molar-refractivity contribution < 1.29 is 9.53 Å². The highest BCUT2D eigenvalue weighted by Gasteiger charge is 2.14. The molecule has 98 valence electrons. The lowest BCUT2D eigenvalue weighted by Gasteiger charge is -2.09. The summed E-state index contributed by atoms with van der Waals surface area (Å²) in [5.41, 5.74) is 0.699. The molecule has 0 aliphatic rings. The van der Waals surface area contributed by atoms with Gasteiger partial charge in [0.15, 0.2) is 5.75 Å². The second-order valence-electron chi connectivity index (χ2n) is 3.86. The van der Waals surface area contributed by atoms with Gasteiger partial charge in [-0.1, -0.05) is 27.5 Å². The number of halogens is 2. The molecule has 6 heteroatoms. The van der Waals surface area contributed by atoms with Gasteiger partial charge in [0, 0.05) is 16.7 Å². The van der Waals surface area contributed by atoms with Crippen molar-refractivity contribution in [3.05, 3.63) is 61.4 Å². The van der Waals surface area contributed by atoms with Gasteiger partial charge in [-0.2, -0.15) is 0 Å². The Morgan fingerprint density at radius 1 is 1.37 bits per heavy atom. The average molecular weight is 343 g/mol. The van der Waals surface area contributed by atoms with E-state index in [9.17, 15) is 9.59 Å². The van der Waals surface area contributed by atoms with E-state index in [4.69, 9.17) is 16.3 Å². The van der Waals surface area contributed by atoms with Gasteiger partial charge in [-0.25, -0.2) is 4.79 Å². The number of carbonyl (C=O) groups is 1. The van der Waals surface area contributed by atoms with Crippen LogP contribution in [-0.4, -0.2) is 11.0 Å². The number of carbonyl (C=O) groups excluding carboxylic acids is 1. The summed E-state index contributed by atoms with van der Waals surface area (Å²) in [5, 5.41) is 0.338. The first-order valence-corrected chi connectivity index (χ1v) is 6.51. The van der Waals surface area contributed by atoms with Gasteiger partial charge in [0.1, 0.15) is 0 Å². The fraction of sp³-hybridized carbons (Fsp3) is 0.0769. The van der Waals surface area contributed by atoms with Crippen LogP contribution >= 0.6 is 27.5 Å². The molecule has 0 spiro atoms. The molecule has 0 saturated carbocycles. The molecule has 0 radical (unpaired) electrons. The predicted molar refractivity (Wildman–Crippen MR) is 75.9 cm³/mol. The molecule has 0 aliphatic carbocycles. The number of pyridine rings is 1. The van der Waals surface area contributed by atoms with Gasteiger partial charge >= 0.3 is 5.97 Å². The normalized spacial score (nSPS) is 10.3. The SMILES string of the molecule is Cc1cc(Br)cc(Cl)c1OC(=O)c1ccc(=O)[nH]c1. The van der Waals surface area contributed by atoms with E-state index >= 15 is 0 Å². The van der Waals surface area contributed by atoms with Gasteiger partial charge in [-0.15, -0.1) is 0 Å². The maximum absolute atomic E-state index is 11.9. The number of benzene rings is 1. The third kappa shape index (κ3) is 3.24. The summed E-state index contributed by atoms with van der Waals surface area (Å²) < 4.78 is 6.05. The van der Waals surface area contributed by atoms with Crippen molar-refractivity contribution in [1.29, 1.82) is 0 Å². The zero-order valence-corrected chi connectivity index (χ0v) is 12.2. The Morgan fingerprint density at radius 3 is 2.68 bits per heavy atom. The number of nitrogens with one attached hydrogen (secondary N) is 1. The topological polar surface area (TPSA) is 59.2 Å². The van der Waals surface area contributed by atoms with Crippen LogP contribution in [0.5, 0.6) is 5.75 Å². The molecule has 2 rings (SSSR count). The molecule has 4 nitrogen and oxygen atoms in total. The highest BCUT2D eigenvalue weighted by molar-refractivity contribution is 9.10. The third-order valence-corrected chi connectivity index (χ3v) is 3.15. The molecule has 0 bridgehead atoms. The maximum Gasteiger partial charge on any atom is 0.345 e. The first-order chi connectivity index (χ1) is 8.97. The second kappa shape index (κ2) is 5.59. The number of hydrogen-bond donors (Lipinski definition) is 1. The van der Waals surface area contributed by atoms with Crippen LogP contribution in [0, 0.1) is 6.92 Å². The number of ether oxygens (including phenoxy) is 1. The van der Waals surface area contributed by atoms with E-state index in [1.165, 1.54) is 18.3 Å². The van der Waals surface area contributed by atoms with Gasteiger partial charge < -0.3 is 9.72 Å². The van der Waals surface area contributed by atoms with Crippen LogP contribution in [0.2, 0.25) is 5.02 Å². The minimum absolute atomic E-state index is 0.248. The van der Waals surface area contributed by atoms with E-state index in [1.54, 1.807) is 19.1 Å². The summed E-state index contributed by atoms with van der Waals surface area (Å²) in [6.45, 7) is 1.78. The third-order valence-electron chi connectivity index (χ3n) is 2.41. The number of aromatic amines is 1. The Labute approximate surface area is 122 Å². The fourth-order valence-corrected chi connectivity index (χ4v) is 2.52. The van der Waals surface area contributed by atoms with Gasteiger partial charge in [0.05, 0.1) is 10.6 Å². The van der Waals surface area contributed by atoms with Gasteiger partial charge in [-0.3, -0.25) is 4.79 Å². The Morgan fingerprint density at radius 2 is 2.11 bits per heavy atom. The van der Waals surface area contributed by atoms with Crippen molar-refractivity contribution in [1.82, 2.24) is 4.98 Å². The zero-order chi connectivity index (χ0) is 14.0. The Balaban J connectivity index is 2.29. The molecule has 0 saturated heterocycles. The summed E-state index contributed by atoms with van der Waals surface area (Å²) in [4.78, 5) is 25.2. The Kier molecular flexibility index (Phi) is 4.07. The summed E-state index contributed by atoms with van der Waals surface area (Å²) in [6.07, 6.45) is 1.30. The summed E-state index contributed by atoms with van der Waals surface area (Å²) >= 11 is 9.33. The molecule has 1 heterocycles. The monoisotopic (exact) mass is 341 g/mol. The van der Waals surface area contributed by atoms with Crippen molar-refractivity contribution in [3.8, 4) is 5.75 Å². The van der Waals surface area contributed by atoms with E-state index in [0.29, 0.717) is 10.8 Å². The van der Waals surface area contributed by atoms with Gasteiger partial charge in [0.2, 0.25) is 5.56 Å². The fourth-order valence-electron chi connectivity index (χ4n) is 1.51. The van der Waals surface area contributed by atoms with Crippen molar-refractivity contribution >= 4 is 33.5 Å². The lowest BCUT2D eigenvalue weighted by Crippen LogP contribution is -2.12. The molecule has 0 unspecified atom stereocenters. The number of aromatic nitrogens is 1. The van der Waals surface area contributed by atoms with Crippen molar-refractivity contribution in [3.63, 3.8) is 0 Å². The van der Waals surface area contributed by atoms with Crippen LogP contribution in [-0.2, 0) is 0 Å². The van der Waals surface area contributed by atoms with Gasteiger partial charge in [0.25, 0.3) is 0 Å². The molecular formula is C13H9BrClNO3. The van der Waals surface area contributed by atoms with Crippen LogP contribution in [0.25, 0.3) is 0 Å². The summed E-state index contributed by atoms with van der Waals surface area (Å²) in [7, 11) is 0. The zero-order valence-electron chi connectivity index (χ0n) is 9.87. The van der Waals surface area contributed by atoms with Gasteiger partial charge in [-0.05, 0) is 30.7 Å². The number of hydrogen-bond acceptors (Lipinski definition) is 3. The van der Waals surface area contributed by atoms with E-state index < -0.39 is 5.97 Å². The van der Waals surface area contributed by atoms with Crippen molar-refractivity contribution in [2.24, 2.45) is 0 Å². The molecule has 0 fully saturated rings. The minimum atomic E-state index is -0.580. The smallest absolute Gasteiger partial charge is 0.345 e. The van der Waals surface area contributed by atoms with E-state index in [0.717, 1.165) is 10.0 Å². The van der Waals surface area contributed by atoms with E-state index in [1.807, 2.05) is 0 Å². The molecule has 0 atom stereocenters. The number of aryl methyl sites for hydroxylation is 1. The first-order valence-electron chi connectivity index (χ1n) is 5.34. The molecule has 1 N–H and O–H groups in total. The average Bonchev–Trinajstić information content (AvgIpc) is 2.34. The summed E-state index contributed by atoms with van der Waals surface area (Å²) in [5.74, 6) is -0.273. The van der Waals surface area contributed by atoms with Crippen LogP contribution in [0.1, 0.15) is 15.9 Å². The Bertz CT molecular complexity index is 653. The minimum Gasteiger partial charge on any atom is -0.421 e. The van der Waals surface area contributed by atoms with Crippen LogP contribution in [0.4, 0.5) is 0 Å². The second-order valence-corrected chi connectivity index (χ2v) is 5.19. The van der Waals surface area contributed by atoms with Crippen LogP contribution in [0.3, 0.4) is 0 Å². The lowest BCUT2D eigenvalue weighted by atomic mass is 10.2. The van der Waals surface area contributed by atoms with Crippen molar-refractivity contribution in [2.45, 2.75) is 6.92 Å². The molecular weight excluding hydrogens is 334 g/mol. The maximum atomic E-state index is 11.9. The van der Waals surface area contributed by atoms with Crippen molar-refractivity contribution in [2.75, 3.05) is 0 Å². The molecule has 19 heavy (non-hydrogen) atoms. The first kappa shape index (κ1) is 13.8. The molecule has 0 aliphatic heterocycles.